The van der Waals surface area contributed by atoms with Crippen molar-refractivity contribution in [2.24, 2.45) is 0 Å². The summed E-state index contributed by atoms with van der Waals surface area (Å²) in [6, 6.07) is 6.50. The molecule has 0 atom stereocenters. The van der Waals surface area contributed by atoms with E-state index < -0.39 is 0 Å². The summed E-state index contributed by atoms with van der Waals surface area (Å²) in [5.74, 6) is 2.21. The number of rotatable bonds is 5. The fraction of sp³-hybridized carbons (Fsp3) is 0.231. The Kier molecular flexibility index (Phi) is 4.09. The van der Waals surface area contributed by atoms with Gasteiger partial charge in [-0.2, -0.15) is 0 Å². The molecule has 94 valence electrons. The van der Waals surface area contributed by atoms with Gasteiger partial charge in [-0.1, -0.05) is 0 Å². The van der Waals surface area contributed by atoms with Crippen molar-refractivity contribution in [1.29, 1.82) is 0 Å². The van der Waals surface area contributed by atoms with Crippen molar-refractivity contribution >= 4 is 0 Å². The summed E-state index contributed by atoms with van der Waals surface area (Å²) in [6.07, 6.45) is 4.08. The van der Waals surface area contributed by atoms with Crippen molar-refractivity contribution in [2.45, 2.75) is 6.42 Å². The van der Waals surface area contributed by atoms with Crippen molar-refractivity contribution in [1.82, 2.24) is 15.3 Å². The van der Waals surface area contributed by atoms with Gasteiger partial charge in [0.15, 0.2) is 5.75 Å². The van der Waals surface area contributed by atoms with Crippen LogP contribution in [0.1, 0.15) is 5.82 Å². The van der Waals surface area contributed by atoms with E-state index in [1.54, 1.807) is 36.7 Å². The van der Waals surface area contributed by atoms with Crippen molar-refractivity contribution in [2.75, 3.05) is 13.6 Å². The van der Waals surface area contributed by atoms with Gasteiger partial charge in [0.25, 0.3) is 0 Å². The fourth-order valence-corrected chi connectivity index (χ4v) is 1.41. The maximum absolute atomic E-state index is 9.16. The van der Waals surface area contributed by atoms with Crippen LogP contribution in [0.3, 0.4) is 0 Å². The number of hydrogen-bond acceptors (Lipinski definition) is 5. The Bertz CT molecular complexity index is 483. The van der Waals surface area contributed by atoms with E-state index in [0.29, 0.717) is 11.5 Å². The average molecular weight is 245 g/mol. The molecule has 5 nitrogen and oxygen atoms in total. The van der Waals surface area contributed by atoms with Gasteiger partial charge in [-0.25, -0.2) is 9.97 Å². The zero-order valence-corrected chi connectivity index (χ0v) is 10.1. The SMILES string of the molecule is CNCCc1ncc(Oc2ccc(O)cc2)cn1. The normalized spacial score (nSPS) is 10.3. The molecule has 1 heterocycles. The Morgan fingerprint density at radius 1 is 1.11 bits per heavy atom. The van der Waals surface area contributed by atoms with E-state index in [9.17, 15) is 0 Å². The van der Waals surface area contributed by atoms with Crippen LogP contribution in [-0.2, 0) is 6.42 Å². The minimum absolute atomic E-state index is 0.209. The van der Waals surface area contributed by atoms with Crippen LogP contribution in [0, 0.1) is 0 Å². The van der Waals surface area contributed by atoms with Crippen molar-refractivity contribution in [3.63, 3.8) is 0 Å². The van der Waals surface area contributed by atoms with Crippen LogP contribution in [0.4, 0.5) is 0 Å². The molecule has 18 heavy (non-hydrogen) atoms. The van der Waals surface area contributed by atoms with Gasteiger partial charge in [0.05, 0.1) is 12.4 Å². The quantitative estimate of drug-likeness (QED) is 0.839. The minimum Gasteiger partial charge on any atom is -0.508 e. The molecule has 0 aliphatic heterocycles. The number of hydrogen-bond donors (Lipinski definition) is 2. The topological polar surface area (TPSA) is 67.3 Å². The largest absolute Gasteiger partial charge is 0.508 e. The molecule has 0 aliphatic rings. The summed E-state index contributed by atoms with van der Waals surface area (Å²) < 4.78 is 5.54. The number of phenols is 1. The Morgan fingerprint density at radius 2 is 1.78 bits per heavy atom. The van der Waals surface area contributed by atoms with Crippen LogP contribution in [0.2, 0.25) is 0 Å². The van der Waals surface area contributed by atoms with Gasteiger partial charge in [0.2, 0.25) is 0 Å². The van der Waals surface area contributed by atoms with E-state index in [2.05, 4.69) is 15.3 Å². The van der Waals surface area contributed by atoms with Gasteiger partial charge in [-0.15, -0.1) is 0 Å². The number of aromatic nitrogens is 2. The zero-order valence-electron chi connectivity index (χ0n) is 10.1. The van der Waals surface area contributed by atoms with E-state index in [1.807, 2.05) is 7.05 Å². The first-order chi connectivity index (χ1) is 8.78. The summed E-state index contributed by atoms with van der Waals surface area (Å²) in [5, 5.41) is 12.2. The van der Waals surface area contributed by atoms with Crippen LogP contribution in [0.15, 0.2) is 36.7 Å². The van der Waals surface area contributed by atoms with Gasteiger partial charge in [-0.05, 0) is 31.3 Å². The second-order valence-corrected chi connectivity index (χ2v) is 3.78. The van der Waals surface area contributed by atoms with Crippen LogP contribution < -0.4 is 10.1 Å². The first-order valence-corrected chi connectivity index (χ1v) is 5.70. The highest BCUT2D eigenvalue weighted by Crippen LogP contribution is 2.21. The third-order valence-corrected chi connectivity index (χ3v) is 2.35. The number of ether oxygens (including phenoxy) is 1. The first kappa shape index (κ1) is 12.3. The molecular weight excluding hydrogens is 230 g/mol. The second kappa shape index (κ2) is 5.97. The molecule has 0 saturated heterocycles. The molecule has 1 aromatic heterocycles. The van der Waals surface area contributed by atoms with E-state index in [-0.39, 0.29) is 5.75 Å². The molecule has 2 rings (SSSR count). The Balaban J connectivity index is 1.99. The fourth-order valence-electron chi connectivity index (χ4n) is 1.41. The van der Waals surface area contributed by atoms with Crippen molar-refractivity contribution in [3.05, 3.63) is 42.5 Å². The van der Waals surface area contributed by atoms with Gasteiger partial charge in [-0.3, -0.25) is 0 Å². The molecule has 0 bridgehead atoms. The van der Waals surface area contributed by atoms with E-state index in [4.69, 9.17) is 9.84 Å². The lowest BCUT2D eigenvalue weighted by molar-refractivity contribution is 0.462. The molecule has 0 unspecified atom stereocenters. The molecule has 0 amide bonds. The highest BCUT2D eigenvalue weighted by atomic mass is 16.5. The third kappa shape index (κ3) is 3.43. The maximum atomic E-state index is 9.16. The van der Waals surface area contributed by atoms with Crippen LogP contribution >= 0.6 is 0 Å². The number of phenolic OH excluding ortho intramolecular Hbond substituents is 1. The number of likely N-dealkylation sites (N-methyl/N-ethyl adjacent to an activating group) is 1. The smallest absolute Gasteiger partial charge is 0.164 e. The predicted molar refractivity (Wildman–Crippen MR) is 67.8 cm³/mol. The molecule has 0 radical (unpaired) electrons. The molecule has 1 aromatic carbocycles. The third-order valence-electron chi connectivity index (χ3n) is 2.35. The average Bonchev–Trinajstić information content (AvgIpc) is 2.41. The molecule has 5 heteroatoms. The summed E-state index contributed by atoms with van der Waals surface area (Å²) in [4.78, 5) is 8.41. The highest BCUT2D eigenvalue weighted by Gasteiger charge is 2.00. The number of benzene rings is 1. The maximum Gasteiger partial charge on any atom is 0.164 e. The monoisotopic (exact) mass is 245 g/mol. The molecule has 0 fully saturated rings. The number of aromatic hydroxyl groups is 1. The lowest BCUT2D eigenvalue weighted by Gasteiger charge is -2.05. The molecule has 2 aromatic rings. The van der Waals surface area contributed by atoms with Gasteiger partial charge in [0.1, 0.15) is 17.3 Å². The van der Waals surface area contributed by atoms with Gasteiger partial charge in [0, 0.05) is 13.0 Å². The van der Waals surface area contributed by atoms with Gasteiger partial charge >= 0.3 is 0 Å². The Labute approximate surface area is 105 Å². The van der Waals surface area contributed by atoms with Crippen molar-refractivity contribution in [3.8, 4) is 17.2 Å². The lowest BCUT2D eigenvalue weighted by Crippen LogP contribution is -2.12. The van der Waals surface area contributed by atoms with E-state index >= 15 is 0 Å². The summed E-state index contributed by atoms with van der Waals surface area (Å²) in [7, 11) is 1.89. The van der Waals surface area contributed by atoms with Crippen LogP contribution in [0.5, 0.6) is 17.2 Å². The molecule has 0 spiro atoms. The second-order valence-electron chi connectivity index (χ2n) is 3.78. The lowest BCUT2D eigenvalue weighted by atomic mass is 10.3. The van der Waals surface area contributed by atoms with E-state index in [0.717, 1.165) is 18.8 Å². The van der Waals surface area contributed by atoms with E-state index in [1.165, 1.54) is 0 Å². The van der Waals surface area contributed by atoms with Crippen molar-refractivity contribution < 1.29 is 9.84 Å². The first-order valence-electron chi connectivity index (χ1n) is 5.70. The zero-order chi connectivity index (χ0) is 12.8. The minimum atomic E-state index is 0.209. The van der Waals surface area contributed by atoms with Crippen LogP contribution in [-0.4, -0.2) is 28.7 Å². The summed E-state index contributed by atoms with van der Waals surface area (Å²) in [5.41, 5.74) is 0. The molecule has 0 saturated carbocycles. The molecule has 0 aliphatic carbocycles. The highest BCUT2D eigenvalue weighted by molar-refractivity contribution is 5.33. The molecule has 2 N–H and O–H groups in total. The summed E-state index contributed by atoms with van der Waals surface area (Å²) >= 11 is 0. The molecular formula is C13H15N3O2. The number of nitrogens with one attached hydrogen (secondary N) is 1. The standard InChI is InChI=1S/C13H15N3O2/c1-14-7-6-13-15-8-12(9-16-13)18-11-4-2-10(17)3-5-11/h2-5,8-9,14,17H,6-7H2,1H3. The summed E-state index contributed by atoms with van der Waals surface area (Å²) in [6.45, 7) is 0.845. The van der Waals surface area contributed by atoms with Crippen LogP contribution in [0.25, 0.3) is 0 Å². The predicted octanol–water partition coefficient (Wildman–Crippen LogP) is 1.74. The number of nitrogens with zero attached hydrogens (tertiary/aromatic N) is 2. The Morgan fingerprint density at radius 3 is 2.39 bits per heavy atom. The van der Waals surface area contributed by atoms with Gasteiger partial charge < -0.3 is 15.2 Å². The Hall–Kier alpha value is -2.14.